The molecule has 1 amide bonds. The van der Waals surface area contributed by atoms with Gasteiger partial charge in [-0.25, -0.2) is 21.1 Å². The molecule has 156 valence electrons. The second-order valence-electron chi connectivity index (χ2n) is 7.37. The van der Waals surface area contributed by atoms with Crippen molar-refractivity contribution < 1.29 is 21.6 Å². The number of amides is 1. The molecule has 0 aromatic heterocycles. The van der Waals surface area contributed by atoms with Gasteiger partial charge < -0.3 is 5.32 Å². The van der Waals surface area contributed by atoms with Crippen LogP contribution in [0.2, 0.25) is 0 Å². The van der Waals surface area contributed by atoms with Crippen LogP contribution in [0.4, 0.5) is 0 Å². The maximum Gasteiger partial charge on any atom is 0.252 e. The van der Waals surface area contributed by atoms with Crippen molar-refractivity contribution >= 4 is 26.0 Å². The number of hydrogen-bond donors (Lipinski definition) is 1. The van der Waals surface area contributed by atoms with Crippen LogP contribution in [0.5, 0.6) is 0 Å². The molecule has 8 nitrogen and oxygen atoms in total. The molecule has 0 spiro atoms. The van der Waals surface area contributed by atoms with E-state index in [9.17, 15) is 21.6 Å². The molecule has 0 unspecified atom stereocenters. The Balaban J connectivity index is 1.73. The minimum Gasteiger partial charge on any atom is -0.349 e. The zero-order chi connectivity index (χ0) is 20.4. The van der Waals surface area contributed by atoms with E-state index in [2.05, 4.69) is 5.32 Å². The normalized spacial score (nSPS) is 20.8. The van der Waals surface area contributed by atoms with Crippen molar-refractivity contribution in [3.63, 3.8) is 0 Å². The second kappa shape index (κ2) is 8.48. The van der Waals surface area contributed by atoms with Crippen LogP contribution in [0, 0.1) is 0 Å². The number of carbonyl (C=O) groups excluding carboxylic acids is 1. The molecule has 0 aliphatic carbocycles. The molecule has 0 saturated carbocycles. The minimum atomic E-state index is -3.72. The Hall–Kier alpha value is -1.49. The third kappa shape index (κ3) is 4.73. The van der Waals surface area contributed by atoms with Gasteiger partial charge >= 0.3 is 0 Å². The van der Waals surface area contributed by atoms with Crippen LogP contribution in [0.3, 0.4) is 0 Å². The molecule has 2 saturated heterocycles. The average Bonchev–Trinajstić information content (AvgIpc) is 2.68. The summed E-state index contributed by atoms with van der Waals surface area (Å²) in [6.07, 6.45) is 4.84. The molecule has 1 N–H and O–H groups in total. The summed E-state index contributed by atoms with van der Waals surface area (Å²) in [5.74, 6) is -0.436. The highest BCUT2D eigenvalue weighted by atomic mass is 32.2. The molecular formula is C18H27N3O5S2. The van der Waals surface area contributed by atoms with Crippen LogP contribution in [0.25, 0.3) is 0 Å². The van der Waals surface area contributed by atoms with Crippen molar-refractivity contribution in [1.29, 1.82) is 0 Å². The molecular weight excluding hydrogens is 402 g/mol. The lowest BCUT2D eigenvalue weighted by molar-refractivity contribution is 0.0920. The number of hydrogen-bond acceptors (Lipinski definition) is 5. The maximum atomic E-state index is 13.0. The van der Waals surface area contributed by atoms with Crippen molar-refractivity contribution in [2.45, 2.75) is 43.0 Å². The van der Waals surface area contributed by atoms with Gasteiger partial charge in [0.1, 0.15) is 0 Å². The predicted molar refractivity (Wildman–Crippen MR) is 106 cm³/mol. The molecule has 2 heterocycles. The van der Waals surface area contributed by atoms with Gasteiger partial charge in [-0.05, 0) is 37.8 Å². The van der Waals surface area contributed by atoms with Gasteiger partial charge in [-0.1, -0.05) is 18.6 Å². The van der Waals surface area contributed by atoms with Crippen molar-refractivity contribution in [3.05, 3.63) is 29.8 Å². The fourth-order valence-electron chi connectivity index (χ4n) is 3.72. The second-order valence-corrected chi connectivity index (χ2v) is 11.3. The van der Waals surface area contributed by atoms with Gasteiger partial charge in [0, 0.05) is 32.2 Å². The molecule has 2 aliphatic heterocycles. The van der Waals surface area contributed by atoms with Crippen molar-refractivity contribution in [3.8, 4) is 0 Å². The first-order chi connectivity index (χ1) is 13.2. The van der Waals surface area contributed by atoms with Crippen LogP contribution >= 0.6 is 0 Å². The number of sulfonamides is 2. The van der Waals surface area contributed by atoms with Gasteiger partial charge in [0.15, 0.2) is 0 Å². The predicted octanol–water partition coefficient (Wildman–Crippen LogP) is 1.01. The van der Waals surface area contributed by atoms with Gasteiger partial charge in [-0.2, -0.15) is 4.31 Å². The number of piperidine rings is 2. The molecule has 28 heavy (non-hydrogen) atoms. The zero-order valence-electron chi connectivity index (χ0n) is 16.0. The van der Waals surface area contributed by atoms with Crippen LogP contribution in [0.1, 0.15) is 42.5 Å². The number of benzene rings is 1. The van der Waals surface area contributed by atoms with Crippen molar-refractivity contribution in [2.24, 2.45) is 0 Å². The Bertz CT molecular complexity index is 916. The Morgan fingerprint density at radius 3 is 2.14 bits per heavy atom. The van der Waals surface area contributed by atoms with E-state index in [1.54, 1.807) is 12.1 Å². The third-order valence-corrected chi connectivity index (χ3v) is 8.58. The van der Waals surface area contributed by atoms with E-state index in [4.69, 9.17) is 0 Å². The molecule has 0 radical (unpaired) electrons. The molecule has 1 aromatic carbocycles. The number of nitrogens with one attached hydrogen (secondary N) is 1. The summed E-state index contributed by atoms with van der Waals surface area (Å²) in [4.78, 5) is 12.8. The maximum absolute atomic E-state index is 13.0. The highest BCUT2D eigenvalue weighted by Gasteiger charge is 2.31. The Labute approximate surface area is 167 Å². The smallest absolute Gasteiger partial charge is 0.252 e. The summed E-state index contributed by atoms with van der Waals surface area (Å²) in [6.45, 7) is 1.64. The van der Waals surface area contributed by atoms with Crippen molar-refractivity contribution in [1.82, 2.24) is 13.9 Å². The molecule has 2 aliphatic rings. The number of rotatable bonds is 5. The van der Waals surface area contributed by atoms with E-state index in [-0.39, 0.29) is 16.5 Å². The lowest BCUT2D eigenvalue weighted by Gasteiger charge is -2.31. The van der Waals surface area contributed by atoms with E-state index >= 15 is 0 Å². The van der Waals surface area contributed by atoms with E-state index in [1.165, 1.54) is 27.0 Å². The van der Waals surface area contributed by atoms with Gasteiger partial charge in [-0.15, -0.1) is 0 Å². The fourth-order valence-corrected chi connectivity index (χ4v) is 6.30. The first kappa shape index (κ1) is 21.2. The molecule has 0 bridgehead atoms. The third-order valence-electron chi connectivity index (χ3n) is 5.32. The van der Waals surface area contributed by atoms with E-state index in [0.717, 1.165) is 19.3 Å². The molecule has 2 fully saturated rings. The Kier molecular flexibility index (Phi) is 6.43. The summed E-state index contributed by atoms with van der Waals surface area (Å²) < 4.78 is 52.1. The SMILES string of the molecule is CS(=O)(=O)N1CCC(NC(=O)c2ccccc2S(=O)(=O)N2CCCCC2)CC1. The van der Waals surface area contributed by atoms with Crippen LogP contribution < -0.4 is 5.32 Å². The molecule has 3 rings (SSSR count). The lowest BCUT2D eigenvalue weighted by atomic mass is 10.1. The first-order valence-electron chi connectivity index (χ1n) is 9.55. The highest BCUT2D eigenvalue weighted by molar-refractivity contribution is 7.89. The minimum absolute atomic E-state index is 0.0305. The van der Waals surface area contributed by atoms with Gasteiger partial charge in [0.25, 0.3) is 5.91 Å². The van der Waals surface area contributed by atoms with Crippen LogP contribution in [-0.2, 0) is 20.0 Å². The molecule has 1 aromatic rings. The summed E-state index contributed by atoms with van der Waals surface area (Å²) >= 11 is 0. The topological polar surface area (TPSA) is 104 Å². The van der Waals surface area contributed by atoms with E-state index < -0.39 is 26.0 Å². The lowest BCUT2D eigenvalue weighted by Crippen LogP contribution is -2.46. The fraction of sp³-hybridized carbons (Fsp3) is 0.611. The Morgan fingerprint density at radius 1 is 0.929 bits per heavy atom. The van der Waals surface area contributed by atoms with Gasteiger partial charge in [0.2, 0.25) is 20.0 Å². The van der Waals surface area contributed by atoms with Crippen LogP contribution in [-0.4, -0.2) is 69.8 Å². The van der Waals surface area contributed by atoms with Gasteiger partial charge in [0.05, 0.1) is 16.7 Å². The monoisotopic (exact) mass is 429 g/mol. The summed E-state index contributed by atoms with van der Waals surface area (Å²) in [5.41, 5.74) is 0.138. The van der Waals surface area contributed by atoms with E-state index in [0.29, 0.717) is 39.0 Å². The summed E-state index contributed by atoms with van der Waals surface area (Å²) in [5, 5.41) is 2.88. The van der Waals surface area contributed by atoms with E-state index in [1.807, 2.05) is 0 Å². The average molecular weight is 430 g/mol. The summed E-state index contributed by atoms with van der Waals surface area (Å²) in [6, 6.07) is 6.09. The molecule has 0 atom stereocenters. The van der Waals surface area contributed by atoms with Crippen molar-refractivity contribution in [2.75, 3.05) is 32.4 Å². The standard InChI is InChI=1S/C18H27N3O5S2/c1-27(23,24)20-13-9-15(10-14-20)19-18(22)16-7-3-4-8-17(16)28(25,26)21-11-5-2-6-12-21/h3-4,7-8,15H,2,5-6,9-14H2,1H3,(H,19,22). The zero-order valence-corrected chi connectivity index (χ0v) is 17.6. The largest absolute Gasteiger partial charge is 0.349 e. The quantitative estimate of drug-likeness (QED) is 0.752. The molecule has 10 heteroatoms. The number of nitrogens with zero attached hydrogens (tertiary/aromatic N) is 2. The summed E-state index contributed by atoms with van der Waals surface area (Å²) in [7, 11) is -6.95. The highest BCUT2D eigenvalue weighted by Crippen LogP contribution is 2.24. The first-order valence-corrected chi connectivity index (χ1v) is 12.8. The van der Waals surface area contributed by atoms with Crippen LogP contribution in [0.15, 0.2) is 29.2 Å². The number of carbonyl (C=O) groups is 1. The van der Waals surface area contributed by atoms with Gasteiger partial charge in [-0.3, -0.25) is 4.79 Å². The Morgan fingerprint density at radius 2 is 1.54 bits per heavy atom.